The van der Waals surface area contributed by atoms with Gasteiger partial charge in [0.25, 0.3) is 0 Å². The third kappa shape index (κ3) is 5.51. The molecule has 0 saturated carbocycles. The molecule has 0 bridgehead atoms. The highest BCUT2D eigenvalue weighted by atomic mass is 32.1. The van der Waals surface area contributed by atoms with Crippen molar-refractivity contribution >= 4 is 22.3 Å². The summed E-state index contributed by atoms with van der Waals surface area (Å²) in [5.74, 6) is 1.59. The molecular weight excluding hydrogens is 344 g/mol. The summed E-state index contributed by atoms with van der Waals surface area (Å²) < 4.78 is 0. The number of piperazine rings is 1. The number of carbonyl (C=O) groups is 1. The summed E-state index contributed by atoms with van der Waals surface area (Å²) in [5.41, 5.74) is 0. The lowest BCUT2D eigenvalue weighted by Crippen LogP contribution is -2.44. The molecule has 1 aromatic rings. The van der Waals surface area contributed by atoms with Gasteiger partial charge in [0.15, 0.2) is 10.9 Å². The zero-order valence-electron chi connectivity index (χ0n) is 16.4. The van der Waals surface area contributed by atoms with Gasteiger partial charge in [-0.1, -0.05) is 37.5 Å². The van der Waals surface area contributed by atoms with E-state index in [4.69, 9.17) is 0 Å². The molecule has 1 N–H and O–H groups in total. The van der Waals surface area contributed by atoms with Gasteiger partial charge in [0.2, 0.25) is 0 Å². The minimum absolute atomic E-state index is 0.301. The van der Waals surface area contributed by atoms with Crippen molar-refractivity contribution < 1.29 is 4.79 Å². The summed E-state index contributed by atoms with van der Waals surface area (Å²) in [5, 5.41) is 4.48. The van der Waals surface area contributed by atoms with Crippen LogP contribution < -0.4 is 10.2 Å². The van der Waals surface area contributed by atoms with E-state index < -0.39 is 0 Å². The molecule has 26 heavy (non-hydrogen) atoms. The Morgan fingerprint density at radius 2 is 2.19 bits per heavy atom. The molecule has 2 unspecified atom stereocenters. The largest absolute Gasteiger partial charge is 0.346 e. The summed E-state index contributed by atoms with van der Waals surface area (Å²) in [4.78, 5) is 22.9. The molecule has 3 rings (SSSR count). The van der Waals surface area contributed by atoms with E-state index in [1.807, 2.05) is 6.20 Å². The molecule has 146 valence electrons. The second kappa shape index (κ2) is 9.81. The zero-order valence-corrected chi connectivity index (χ0v) is 17.2. The monoisotopic (exact) mass is 378 g/mol. The molecule has 2 fully saturated rings. The van der Waals surface area contributed by atoms with Gasteiger partial charge in [-0.2, -0.15) is 0 Å². The second-order valence-corrected chi connectivity index (χ2v) is 9.04. The first-order chi connectivity index (χ1) is 12.7. The molecular formula is C20H34N4OS. The molecule has 0 radical (unpaired) electrons. The quantitative estimate of drug-likeness (QED) is 0.668. The van der Waals surface area contributed by atoms with E-state index in [-0.39, 0.29) is 0 Å². The first-order valence-corrected chi connectivity index (χ1v) is 11.1. The summed E-state index contributed by atoms with van der Waals surface area (Å²) in [6.07, 6.45) is 8.60. The maximum Gasteiger partial charge on any atom is 0.186 e. The number of hydrogen-bond donors (Lipinski definition) is 1. The van der Waals surface area contributed by atoms with Gasteiger partial charge in [-0.25, -0.2) is 4.98 Å². The highest BCUT2D eigenvalue weighted by Gasteiger charge is 2.24. The number of nitrogens with zero attached hydrogens (tertiary/aromatic N) is 3. The molecule has 2 saturated heterocycles. The van der Waals surface area contributed by atoms with Crippen molar-refractivity contribution in [1.29, 1.82) is 0 Å². The molecule has 0 aromatic carbocycles. The van der Waals surface area contributed by atoms with Crippen molar-refractivity contribution in [3.05, 3.63) is 11.1 Å². The Morgan fingerprint density at radius 1 is 1.38 bits per heavy atom. The molecule has 0 amide bonds. The van der Waals surface area contributed by atoms with Crippen molar-refractivity contribution in [2.45, 2.75) is 45.4 Å². The first kappa shape index (κ1) is 19.8. The minimum Gasteiger partial charge on any atom is -0.346 e. The summed E-state index contributed by atoms with van der Waals surface area (Å²) in [6.45, 7) is 8.65. The number of rotatable bonds is 9. The van der Waals surface area contributed by atoms with E-state index in [0.717, 1.165) is 55.2 Å². The number of likely N-dealkylation sites (N-methyl/N-ethyl adjacent to an activating group) is 1. The highest BCUT2D eigenvalue weighted by molar-refractivity contribution is 7.17. The van der Waals surface area contributed by atoms with Crippen LogP contribution in [0, 0.1) is 11.8 Å². The predicted molar refractivity (Wildman–Crippen MR) is 109 cm³/mol. The minimum atomic E-state index is 0.301. The van der Waals surface area contributed by atoms with Gasteiger partial charge < -0.3 is 15.1 Å². The Hall–Kier alpha value is -0.980. The lowest BCUT2D eigenvalue weighted by atomic mass is 9.86. The van der Waals surface area contributed by atoms with Crippen LogP contribution in [-0.4, -0.2) is 62.0 Å². The molecule has 1 aromatic heterocycles. The number of thiazole rings is 1. The van der Waals surface area contributed by atoms with E-state index in [1.165, 1.54) is 32.1 Å². The average molecular weight is 379 g/mol. The number of unbranched alkanes of at least 4 members (excludes halogenated alkanes) is 1. The second-order valence-electron chi connectivity index (χ2n) is 8.03. The van der Waals surface area contributed by atoms with E-state index >= 15 is 0 Å². The van der Waals surface area contributed by atoms with Crippen molar-refractivity contribution in [3.63, 3.8) is 0 Å². The third-order valence-corrected chi connectivity index (χ3v) is 6.91. The summed E-state index contributed by atoms with van der Waals surface area (Å²) >= 11 is 1.59. The maximum absolute atomic E-state index is 12.9. The van der Waals surface area contributed by atoms with E-state index in [2.05, 4.69) is 34.1 Å². The predicted octanol–water partition coefficient (Wildman–Crippen LogP) is 3.27. The number of Topliss-reactive ketones (excluding diaryl/α,β-unsaturated/α-hetero) is 1. The number of anilines is 1. The number of aromatic nitrogens is 1. The average Bonchev–Trinajstić information content (AvgIpc) is 3.32. The fourth-order valence-corrected chi connectivity index (χ4v) is 5.00. The SMILES string of the molecule is CCCCC(CC(=O)c1cnc(N2CCN(C)CC2)s1)CC1CCNC1. The molecule has 6 heteroatoms. The van der Waals surface area contributed by atoms with Crippen LogP contribution in [0.4, 0.5) is 5.13 Å². The van der Waals surface area contributed by atoms with Crippen LogP contribution in [0.5, 0.6) is 0 Å². The Balaban J connectivity index is 1.56. The normalized spacial score (nSPS) is 22.7. The van der Waals surface area contributed by atoms with Crippen LogP contribution >= 0.6 is 11.3 Å². The maximum atomic E-state index is 12.9. The molecule has 5 nitrogen and oxygen atoms in total. The number of hydrogen-bond acceptors (Lipinski definition) is 6. The van der Waals surface area contributed by atoms with Gasteiger partial charge in [0, 0.05) is 32.6 Å². The summed E-state index contributed by atoms with van der Waals surface area (Å²) in [7, 11) is 2.16. The van der Waals surface area contributed by atoms with Gasteiger partial charge in [-0.3, -0.25) is 4.79 Å². The van der Waals surface area contributed by atoms with Crippen molar-refractivity contribution in [1.82, 2.24) is 15.2 Å². The highest BCUT2D eigenvalue weighted by Crippen LogP contribution is 2.29. The van der Waals surface area contributed by atoms with Crippen LogP contribution in [0.3, 0.4) is 0 Å². The fraction of sp³-hybridized carbons (Fsp3) is 0.800. The lowest BCUT2D eigenvalue weighted by Gasteiger charge is -2.32. The molecule has 2 aliphatic rings. The van der Waals surface area contributed by atoms with Crippen LogP contribution in [-0.2, 0) is 0 Å². The van der Waals surface area contributed by atoms with Crippen LogP contribution in [0.15, 0.2) is 6.20 Å². The van der Waals surface area contributed by atoms with Gasteiger partial charge in [0.05, 0.1) is 11.1 Å². The Labute approximate surface area is 162 Å². The van der Waals surface area contributed by atoms with Crippen molar-refractivity contribution in [2.24, 2.45) is 11.8 Å². The summed E-state index contributed by atoms with van der Waals surface area (Å²) in [6, 6.07) is 0. The molecule has 3 heterocycles. The van der Waals surface area contributed by atoms with Crippen LogP contribution in [0.2, 0.25) is 0 Å². The van der Waals surface area contributed by atoms with E-state index in [9.17, 15) is 4.79 Å². The molecule has 0 aliphatic carbocycles. The standard InChI is InChI=1S/C20H34N4OS/c1-3-4-5-16(12-17-6-7-21-14-17)13-18(25)19-15-22-20(26-19)24-10-8-23(2)9-11-24/h15-17,21H,3-14H2,1-2H3. The molecule has 2 atom stereocenters. The first-order valence-electron chi connectivity index (χ1n) is 10.3. The van der Waals surface area contributed by atoms with Crippen molar-refractivity contribution in [3.8, 4) is 0 Å². The fourth-order valence-electron chi connectivity index (χ4n) is 4.08. The Kier molecular flexibility index (Phi) is 7.46. The van der Waals surface area contributed by atoms with Crippen LogP contribution in [0.1, 0.15) is 55.1 Å². The van der Waals surface area contributed by atoms with Crippen molar-refractivity contribution in [2.75, 3.05) is 51.2 Å². The Bertz CT molecular complexity index is 562. The number of ketones is 1. The third-order valence-electron chi connectivity index (χ3n) is 5.81. The van der Waals surface area contributed by atoms with Crippen LogP contribution in [0.25, 0.3) is 0 Å². The number of nitrogens with one attached hydrogen (secondary N) is 1. The van der Waals surface area contributed by atoms with Gasteiger partial charge in [-0.05, 0) is 44.8 Å². The van der Waals surface area contributed by atoms with E-state index in [1.54, 1.807) is 11.3 Å². The smallest absolute Gasteiger partial charge is 0.186 e. The topological polar surface area (TPSA) is 48.5 Å². The van der Waals surface area contributed by atoms with Gasteiger partial charge in [-0.15, -0.1) is 0 Å². The van der Waals surface area contributed by atoms with E-state index in [0.29, 0.717) is 18.1 Å². The molecule has 0 spiro atoms. The lowest BCUT2D eigenvalue weighted by molar-refractivity contribution is 0.0955. The van der Waals surface area contributed by atoms with Gasteiger partial charge >= 0.3 is 0 Å². The van der Waals surface area contributed by atoms with Gasteiger partial charge in [0.1, 0.15) is 0 Å². The zero-order chi connectivity index (χ0) is 18.4. The molecule has 2 aliphatic heterocycles. The number of carbonyl (C=O) groups excluding carboxylic acids is 1. The Morgan fingerprint density at radius 3 is 2.88 bits per heavy atom.